The van der Waals surface area contributed by atoms with Crippen LogP contribution in [0.3, 0.4) is 0 Å². The van der Waals surface area contributed by atoms with Gasteiger partial charge in [-0.1, -0.05) is 62.4 Å². The number of para-hydroxylation sites is 1. The molecule has 0 aliphatic carbocycles. The molecule has 2 atom stereocenters. The van der Waals surface area contributed by atoms with Gasteiger partial charge in [-0.05, 0) is 67.8 Å². The van der Waals surface area contributed by atoms with Gasteiger partial charge < -0.3 is 14.7 Å². The Balaban J connectivity index is 0.00000300. The molecule has 1 saturated heterocycles. The van der Waals surface area contributed by atoms with Crippen LogP contribution in [0.4, 0.5) is 0 Å². The summed E-state index contributed by atoms with van der Waals surface area (Å²) in [6, 6.07) is 19.0. The molecule has 4 heteroatoms. The van der Waals surface area contributed by atoms with Crippen LogP contribution in [0, 0.1) is 5.92 Å². The summed E-state index contributed by atoms with van der Waals surface area (Å²) in [5.41, 5.74) is 2.67. The van der Waals surface area contributed by atoms with Crippen LogP contribution in [0.5, 0.6) is 5.75 Å². The van der Waals surface area contributed by atoms with Crippen LogP contribution in [-0.4, -0.2) is 42.4 Å². The summed E-state index contributed by atoms with van der Waals surface area (Å²) in [6.45, 7) is 7.60. The maximum absolute atomic E-state index is 10.5. The summed E-state index contributed by atoms with van der Waals surface area (Å²) >= 11 is 0. The maximum Gasteiger partial charge on any atom is 0.122 e. The molecule has 29 heavy (non-hydrogen) atoms. The number of nitrogens with zero attached hydrogens (tertiary/aromatic N) is 1. The van der Waals surface area contributed by atoms with Crippen molar-refractivity contribution in [3.8, 4) is 5.75 Å². The largest absolute Gasteiger partial charge is 0.491 e. The van der Waals surface area contributed by atoms with Crippen LogP contribution in [0.2, 0.25) is 0 Å². The number of benzene rings is 2. The van der Waals surface area contributed by atoms with Crippen LogP contribution in [0.25, 0.3) is 0 Å². The Hall–Kier alpha value is -1.55. The molecule has 1 fully saturated rings. The zero-order valence-corrected chi connectivity index (χ0v) is 18.6. The average Bonchev–Trinajstić information content (AvgIpc) is 2.74. The lowest BCUT2D eigenvalue weighted by molar-refractivity contribution is 0.0547. The fourth-order valence-electron chi connectivity index (χ4n) is 4.10. The summed E-state index contributed by atoms with van der Waals surface area (Å²) in [7, 11) is 0. The van der Waals surface area contributed by atoms with Gasteiger partial charge in [0, 0.05) is 6.54 Å². The Bertz CT molecular complexity index is 701. The number of rotatable bonds is 9. The summed E-state index contributed by atoms with van der Waals surface area (Å²) in [5, 5.41) is 10.5. The third-order valence-corrected chi connectivity index (χ3v) is 6.04. The van der Waals surface area contributed by atoms with Crippen molar-refractivity contribution < 1.29 is 9.84 Å². The third kappa shape index (κ3) is 7.33. The fraction of sp³-hybridized carbons (Fsp3) is 0.520. The number of ether oxygens (including phenoxy) is 1. The first kappa shape index (κ1) is 23.7. The second-order valence-electron chi connectivity index (χ2n) is 8.25. The molecule has 0 saturated carbocycles. The Labute approximate surface area is 182 Å². The highest BCUT2D eigenvalue weighted by Gasteiger charge is 2.21. The van der Waals surface area contributed by atoms with E-state index in [9.17, 15) is 5.11 Å². The monoisotopic (exact) mass is 417 g/mol. The first-order chi connectivity index (χ1) is 13.7. The van der Waals surface area contributed by atoms with E-state index >= 15 is 0 Å². The molecule has 3 nitrogen and oxygen atoms in total. The summed E-state index contributed by atoms with van der Waals surface area (Å²) in [4.78, 5) is 2.39. The highest BCUT2D eigenvalue weighted by Crippen LogP contribution is 2.28. The molecule has 1 aliphatic rings. The predicted molar refractivity (Wildman–Crippen MR) is 123 cm³/mol. The van der Waals surface area contributed by atoms with Gasteiger partial charge in [0.1, 0.15) is 18.5 Å². The number of hydrogen-bond acceptors (Lipinski definition) is 3. The highest BCUT2D eigenvalue weighted by molar-refractivity contribution is 5.85. The van der Waals surface area contributed by atoms with E-state index in [-0.39, 0.29) is 12.4 Å². The quantitative estimate of drug-likeness (QED) is 0.599. The van der Waals surface area contributed by atoms with Crippen molar-refractivity contribution in [3.05, 3.63) is 65.7 Å². The first-order valence-electron chi connectivity index (χ1n) is 10.8. The van der Waals surface area contributed by atoms with Gasteiger partial charge in [0.15, 0.2) is 0 Å². The van der Waals surface area contributed by atoms with E-state index in [1.165, 1.54) is 30.4 Å². The van der Waals surface area contributed by atoms with Crippen LogP contribution < -0.4 is 4.74 Å². The molecule has 0 amide bonds. The van der Waals surface area contributed by atoms with Crippen LogP contribution >= 0.6 is 12.4 Å². The average molecular weight is 418 g/mol. The zero-order chi connectivity index (χ0) is 19.8. The van der Waals surface area contributed by atoms with E-state index in [2.05, 4.69) is 61.2 Å². The van der Waals surface area contributed by atoms with E-state index in [4.69, 9.17) is 4.74 Å². The lowest BCUT2D eigenvalue weighted by Crippen LogP contribution is -2.41. The van der Waals surface area contributed by atoms with Gasteiger partial charge in [-0.2, -0.15) is 0 Å². The van der Waals surface area contributed by atoms with E-state index in [1.807, 2.05) is 12.1 Å². The molecular formula is C25H36ClNO2. The standard InChI is InChI=1S/C25H35NO2.ClH/c1-3-20(2)24-11-7-8-12-25(24)28-19-23(27)18-26-15-13-22(14-16-26)17-21-9-5-4-6-10-21;/h4-12,20,22-23,27H,3,13-19H2,1-2H3;1H. The number of piperidine rings is 1. The lowest BCUT2D eigenvalue weighted by atomic mass is 9.90. The molecule has 2 unspecified atom stereocenters. The van der Waals surface area contributed by atoms with Gasteiger partial charge in [0.25, 0.3) is 0 Å². The van der Waals surface area contributed by atoms with Gasteiger partial charge in [0.05, 0.1) is 0 Å². The van der Waals surface area contributed by atoms with E-state index < -0.39 is 6.10 Å². The number of aliphatic hydroxyl groups excluding tert-OH is 1. The van der Waals surface area contributed by atoms with Gasteiger partial charge in [-0.3, -0.25) is 0 Å². The molecule has 1 heterocycles. The molecule has 0 bridgehead atoms. The van der Waals surface area contributed by atoms with Crippen molar-refractivity contribution in [2.45, 2.75) is 51.6 Å². The van der Waals surface area contributed by atoms with Crippen molar-refractivity contribution in [1.29, 1.82) is 0 Å². The van der Waals surface area contributed by atoms with Crippen LogP contribution in [-0.2, 0) is 6.42 Å². The van der Waals surface area contributed by atoms with E-state index in [0.717, 1.165) is 31.2 Å². The minimum absolute atomic E-state index is 0. The molecule has 2 aromatic rings. The Kier molecular flexibility index (Phi) is 9.99. The van der Waals surface area contributed by atoms with Crippen molar-refractivity contribution in [2.24, 2.45) is 5.92 Å². The lowest BCUT2D eigenvalue weighted by Gasteiger charge is -2.33. The Morgan fingerprint density at radius 1 is 1.03 bits per heavy atom. The summed E-state index contributed by atoms with van der Waals surface area (Å²) in [5.74, 6) is 2.14. The van der Waals surface area contributed by atoms with Crippen molar-refractivity contribution in [3.63, 3.8) is 0 Å². The Morgan fingerprint density at radius 2 is 1.69 bits per heavy atom. The smallest absolute Gasteiger partial charge is 0.122 e. The molecule has 160 valence electrons. The minimum atomic E-state index is -0.448. The molecule has 3 rings (SSSR count). The fourth-order valence-corrected chi connectivity index (χ4v) is 4.10. The highest BCUT2D eigenvalue weighted by atomic mass is 35.5. The normalized spacial score (nSPS) is 17.3. The van der Waals surface area contributed by atoms with Gasteiger partial charge >= 0.3 is 0 Å². The molecule has 1 aliphatic heterocycles. The molecule has 1 N–H and O–H groups in total. The van der Waals surface area contributed by atoms with E-state index in [0.29, 0.717) is 19.1 Å². The third-order valence-electron chi connectivity index (χ3n) is 6.04. The Morgan fingerprint density at radius 3 is 2.38 bits per heavy atom. The van der Waals surface area contributed by atoms with Gasteiger partial charge in [-0.25, -0.2) is 0 Å². The number of aliphatic hydroxyl groups is 1. The number of hydrogen-bond donors (Lipinski definition) is 1. The second-order valence-corrected chi connectivity index (χ2v) is 8.25. The van der Waals surface area contributed by atoms with Crippen LogP contribution in [0.15, 0.2) is 54.6 Å². The number of β-amino-alcohol motifs (C(OH)–C–C–N with tert-alkyl or cyclic N) is 1. The summed E-state index contributed by atoms with van der Waals surface area (Å²) < 4.78 is 5.99. The molecular weight excluding hydrogens is 382 g/mol. The first-order valence-corrected chi connectivity index (χ1v) is 10.8. The van der Waals surface area contributed by atoms with Crippen molar-refractivity contribution in [1.82, 2.24) is 4.90 Å². The van der Waals surface area contributed by atoms with E-state index in [1.54, 1.807) is 0 Å². The van der Waals surface area contributed by atoms with Crippen molar-refractivity contribution in [2.75, 3.05) is 26.2 Å². The van der Waals surface area contributed by atoms with Gasteiger partial charge in [-0.15, -0.1) is 12.4 Å². The van der Waals surface area contributed by atoms with Crippen molar-refractivity contribution >= 4 is 12.4 Å². The topological polar surface area (TPSA) is 32.7 Å². The number of halogens is 1. The predicted octanol–water partition coefficient (Wildman–Crippen LogP) is 5.32. The molecule has 0 aromatic heterocycles. The minimum Gasteiger partial charge on any atom is -0.491 e. The maximum atomic E-state index is 10.5. The van der Waals surface area contributed by atoms with Crippen LogP contribution in [0.1, 0.15) is 50.2 Å². The molecule has 2 aromatic carbocycles. The van der Waals surface area contributed by atoms with Gasteiger partial charge in [0.2, 0.25) is 0 Å². The zero-order valence-electron chi connectivity index (χ0n) is 17.8. The summed E-state index contributed by atoms with van der Waals surface area (Å²) in [6.07, 6.45) is 4.22. The number of likely N-dealkylation sites (tertiary alicyclic amines) is 1. The SMILES string of the molecule is CCC(C)c1ccccc1OCC(O)CN1CCC(Cc2ccccc2)CC1.Cl. The second kappa shape index (κ2) is 12.2. The molecule has 0 spiro atoms. The molecule has 0 radical (unpaired) electrons.